The van der Waals surface area contributed by atoms with Crippen molar-refractivity contribution in [3.63, 3.8) is 0 Å². The first kappa shape index (κ1) is 22.0. The van der Waals surface area contributed by atoms with Crippen LogP contribution in [0.5, 0.6) is 0 Å². The Bertz CT molecular complexity index is 1280. The smallest absolute Gasteiger partial charge is 0.263 e. The predicted octanol–water partition coefficient (Wildman–Crippen LogP) is 3.22. The summed E-state index contributed by atoms with van der Waals surface area (Å²) in [6.07, 6.45) is 2.48. The highest BCUT2D eigenvalue weighted by molar-refractivity contribution is 7.93. The molecule has 0 aliphatic heterocycles. The summed E-state index contributed by atoms with van der Waals surface area (Å²) in [5.74, 6) is -0.539. The zero-order valence-corrected chi connectivity index (χ0v) is 18.5. The van der Waals surface area contributed by atoms with Crippen LogP contribution in [0.1, 0.15) is 10.4 Å². The number of hydrogen-bond donors (Lipinski definition) is 3. The van der Waals surface area contributed by atoms with Crippen LogP contribution in [0.3, 0.4) is 0 Å². The molecule has 3 N–H and O–H groups in total. The van der Waals surface area contributed by atoms with Gasteiger partial charge in [0.2, 0.25) is 10.0 Å². The fourth-order valence-corrected chi connectivity index (χ4v) is 4.95. The monoisotopic (exact) mass is 486 g/mol. The van der Waals surface area contributed by atoms with Gasteiger partial charge in [-0.25, -0.2) is 21.8 Å². The highest BCUT2D eigenvalue weighted by Crippen LogP contribution is 2.24. The maximum atomic E-state index is 12.5. The maximum Gasteiger partial charge on any atom is 0.263 e. The average Bonchev–Trinajstić information content (AvgIpc) is 3.13. The number of nitrogens with one attached hydrogen (secondary N) is 3. The van der Waals surface area contributed by atoms with Crippen molar-refractivity contribution in [1.29, 1.82) is 0 Å². The quantitative estimate of drug-likeness (QED) is 0.469. The molecular weight excluding hydrogens is 472 g/mol. The molecule has 3 rings (SSSR count). The second kappa shape index (κ2) is 8.60. The lowest BCUT2D eigenvalue weighted by molar-refractivity contribution is 0.102. The van der Waals surface area contributed by atoms with Crippen LogP contribution in [0.2, 0.25) is 5.02 Å². The fraction of sp³-hybridized carbons (Fsp3) is 0.0588. The van der Waals surface area contributed by atoms with E-state index >= 15 is 0 Å². The summed E-state index contributed by atoms with van der Waals surface area (Å²) >= 11 is 7.23. The Balaban J connectivity index is 1.71. The van der Waals surface area contributed by atoms with Crippen molar-refractivity contribution in [2.24, 2.45) is 0 Å². The highest BCUT2D eigenvalue weighted by atomic mass is 35.5. The first-order valence-electron chi connectivity index (χ1n) is 8.14. The molecule has 0 spiro atoms. The molecule has 1 amide bonds. The van der Waals surface area contributed by atoms with E-state index in [-0.39, 0.29) is 26.3 Å². The van der Waals surface area contributed by atoms with Crippen LogP contribution in [-0.2, 0) is 20.0 Å². The molecule has 9 nitrogen and oxygen atoms in total. The molecule has 0 radical (unpaired) electrons. The number of thiazole rings is 1. The second-order valence-corrected chi connectivity index (χ2v) is 10.7. The number of benzene rings is 2. The Morgan fingerprint density at radius 2 is 1.67 bits per heavy atom. The number of anilines is 3. The predicted molar refractivity (Wildman–Crippen MR) is 117 cm³/mol. The molecule has 0 aliphatic carbocycles. The minimum Gasteiger partial charge on any atom is -0.322 e. The van der Waals surface area contributed by atoms with Crippen LogP contribution >= 0.6 is 22.9 Å². The Labute approximate surface area is 182 Å². The number of carbonyl (C=O) groups is 1. The van der Waals surface area contributed by atoms with Crippen molar-refractivity contribution in [3.05, 3.63) is 64.6 Å². The first-order valence-corrected chi connectivity index (χ1v) is 12.8. The summed E-state index contributed by atoms with van der Waals surface area (Å²) < 4.78 is 51.8. The number of nitrogens with zero attached hydrogens (tertiary/aromatic N) is 1. The molecular formula is C17H15ClN4O5S3. The molecule has 0 aliphatic rings. The highest BCUT2D eigenvalue weighted by Gasteiger charge is 2.16. The van der Waals surface area contributed by atoms with Crippen LogP contribution < -0.4 is 14.8 Å². The SMILES string of the molecule is CS(=O)(=O)Nc1ccc(C(=O)Nc2ccc(S(=O)(=O)Nc3nccs3)cc2)c(Cl)c1. The summed E-state index contributed by atoms with van der Waals surface area (Å²) in [6.45, 7) is 0. The first-order chi connectivity index (χ1) is 14.0. The van der Waals surface area contributed by atoms with Crippen molar-refractivity contribution < 1.29 is 21.6 Å². The summed E-state index contributed by atoms with van der Waals surface area (Å²) in [4.78, 5) is 16.3. The maximum absolute atomic E-state index is 12.5. The third-order valence-corrected chi connectivity index (χ3v) is 6.69. The molecule has 0 saturated carbocycles. The molecule has 0 atom stereocenters. The van der Waals surface area contributed by atoms with E-state index < -0.39 is 26.0 Å². The summed E-state index contributed by atoms with van der Waals surface area (Å²) in [5, 5.41) is 4.54. The van der Waals surface area contributed by atoms with Crippen molar-refractivity contribution in [2.45, 2.75) is 4.90 Å². The third kappa shape index (κ3) is 5.69. The molecule has 3 aromatic rings. The van der Waals surface area contributed by atoms with Gasteiger partial charge in [-0.3, -0.25) is 14.2 Å². The zero-order chi connectivity index (χ0) is 21.9. The van der Waals surface area contributed by atoms with Crippen LogP contribution in [0.15, 0.2) is 58.9 Å². The Morgan fingerprint density at radius 3 is 2.23 bits per heavy atom. The van der Waals surface area contributed by atoms with E-state index in [1.807, 2.05) is 0 Å². The van der Waals surface area contributed by atoms with Gasteiger partial charge in [-0.1, -0.05) is 11.6 Å². The van der Waals surface area contributed by atoms with Gasteiger partial charge in [0, 0.05) is 23.0 Å². The molecule has 2 aromatic carbocycles. The standard InChI is InChI=1S/C17H15ClN4O5S3/c1-29(24,25)21-12-4-7-14(15(18)10-12)16(23)20-11-2-5-13(6-3-11)30(26,27)22-17-19-8-9-28-17/h2-10,21H,1H3,(H,19,22)(H,20,23). The number of rotatable bonds is 7. The number of amides is 1. The van der Waals surface area contributed by atoms with Crippen molar-refractivity contribution >= 4 is 65.4 Å². The van der Waals surface area contributed by atoms with Crippen molar-refractivity contribution in [1.82, 2.24) is 4.98 Å². The van der Waals surface area contributed by atoms with E-state index in [1.54, 1.807) is 5.38 Å². The Kier molecular flexibility index (Phi) is 6.31. The molecule has 13 heteroatoms. The number of hydrogen-bond acceptors (Lipinski definition) is 7. The van der Waals surface area contributed by atoms with E-state index in [0.29, 0.717) is 5.69 Å². The average molecular weight is 487 g/mol. The van der Waals surface area contributed by atoms with E-state index in [9.17, 15) is 21.6 Å². The molecule has 1 aromatic heterocycles. The van der Waals surface area contributed by atoms with Crippen LogP contribution in [0.25, 0.3) is 0 Å². The van der Waals surface area contributed by atoms with Gasteiger partial charge in [0.15, 0.2) is 5.13 Å². The van der Waals surface area contributed by atoms with E-state index in [1.165, 1.54) is 48.7 Å². The zero-order valence-electron chi connectivity index (χ0n) is 15.3. The van der Waals surface area contributed by atoms with Crippen molar-refractivity contribution in [3.8, 4) is 0 Å². The van der Waals surface area contributed by atoms with Crippen molar-refractivity contribution in [2.75, 3.05) is 21.0 Å². The van der Waals surface area contributed by atoms with Gasteiger partial charge < -0.3 is 5.32 Å². The lowest BCUT2D eigenvalue weighted by atomic mass is 10.2. The van der Waals surface area contributed by atoms with Gasteiger partial charge in [-0.15, -0.1) is 11.3 Å². The van der Waals surface area contributed by atoms with Gasteiger partial charge in [0.1, 0.15) is 0 Å². The molecule has 0 bridgehead atoms. The number of aromatic nitrogens is 1. The van der Waals surface area contributed by atoms with Gasteiger partial charge in [-0.05, 0) is 42.5 Å². The largest absolute Gasteiger partial charge is 0.322 e. The topological polar surface area (TPSA) is 134 Å². The molecule has 158 valence electrons. The van der Waals surface area contributed by atoms with Crippen LogP contribution in [-0.4, -0.2) is 34.0 Å². The van der Waals surface area contributed by atoms with E-state index in [4.69, 9.17) is 11.6 Å². The fourth-order valence-electron chi connectivity index (χ4n) is 2.34. The number of halogens is 1. The minimum absolute atomic E-state index is 0.00457. The molecule has 0 saturated heterocycles. The molecule has 0 fully saturated rings. The third-order valence-electron chi connectivity index (χ3n) is 3.59. The van der Waals surface area contributed by atoms with Gasteiger partial charge in [0.05, 0.1) is 21.7 Å². The lowest BCUT2D eigenvalue weighted by Gasteiger charge is -2.10. The second-order valence-electron chi connectivity index (χ2n) is 5.99. The lowest BCUT2D eigenvalue weighted by Crippen LogP contribution is -2.15. The number of carbonyl (C=O) groups excluding carboxylic acids is 1. The molecule has 30 heavy (non-hydrogen) atoms. The van der Waals surface area contributed by atoms with Crippen LogP contribution in [0, 0.1) is 0 Å². The summed E-state index contributed by atoms with van der Waals surface area (Å²) in [5.41, 5.74) is 0.696. The Morgan fingerprint density at radius 1 is 1.00 bits per heavy atom. The normalized spacial score (nSPS) is 11.7. The van der Waals surface area contributed by atoms with E-state index in [0.717, 1.165) is 17.6 Å². The van der Waals surface area contributed by atoms with Gasteiger partial charge in [0.25, 0.3) is 15.9 Å². The Hall–Kier alpha value is -2.67. The minimum atomic E-state index is -3.80. The van der Waals surface area contributed by atoms with Gasteiger partial charge in [-0.2, -0.15) is 0 Å². The summed E-state index contributed by atoms with van der Waals surface area (Å²) in [6, 6.07) is 9.64. The number of sulfonamides is 2. The molecule has 0 unspecified atom stereocenters. The summed E-state index contributed by atoms with van der Waals surface area (Å²) in [7, 11) is -7.27. The van der Waals surface area contributed by atoms with E-state index in [2.05, 4.69) is 19.7 Å². The molecule has 1 heterocycles. The van der Waals surface area contributed by atoms with Gasteiger partial charge >= 0.3 is 0 Å². The van der Waals surface area contributed by atoms with Crippen LogP contribution in [0.4, 0.5) is 16.5 Å².